The molecule has 2 N–H and O–H groups in total. The van der Waals surface area contributed by atoms with Crippen LogP contribution in [0.3, 0.4) is 0 Å². The smallest absolute Gasteiger partial charge is 0.309 e. The Balaban J connectivity index is 2.08. The molecule has 0 fully saturated rings. The molecule has 1 heterocycles. The highest BCUT2D eigenvalue weighted by Gasteiger charge is 2.26. The predicted molar refractivity (Wildman–Crippen MR) is 75.5 cm³/mol. The number of carbonyl (C=O) groups is 2. The van der Waals surface area contributed by atoms with Gasteiger partial charge in [-0.25, -0.2) is 0 Å². The number of benzene rings is 1. The van der Waals surface area contributed by atoms with Gasteiger partial charge in [-0.3, -0.25) is 9.59 Å². The average Bonchev–Trinajstić information content (AvgIpc) is 2.35. The summed E-state index contributed by atoms with van der Waals surface area (Å²) in [6.45, 7) is 3.46. The van der Waals surface area contributed by atoms with E-state index >= 15 is 0 Å². The molecule has 102 valence electrons. The first-order chi connectivity index (χ1) is 8.88. The van der Waals surface area contributed by atoms with Gasteiger partial charge in [-0.05, 0) is 44.4 Å². The van der Waals surface area contributed by atoms with Gasteiger partial charge in [0.2, 0.25) is 5.91 Å². The molecular formula is C14H17NO3S. The summed E-state index contributed by atoms with van der Waals surface area (Å²) in [5, 5.41) is 11.9. The zero-order valence-electron chi connectivity index (χ0n) is 11.0. The van der Waals surface area contributed by atoms with Gasteiger partial charge in [0.25, 0.3) is 0 Å². The molecular weight excluding hydrogens is 262 g/mol. The molecule has 1 aromatic carbocycles. The molecule has 5 heteroatoms. The van der Waals surface area contributed by atoms with Gasteiger partial charge < -0.3 is 10.4 Å². The van der Waals surface area contributed by atoms with Crippen molar-refractivity contribution in [2.75, 3.05) is 11.1 Å². The Morgan fingerprint density at radius 3 is 2.89 bits per heavy atom. The van der Waals surface area contributed by atoms with Gasteiger partial charge >= 0.3 is 5.97 Å². The Morgan fingerprint density at radius 2 is 2.21 bits per heavy atom. The summed E-state index contributed by atoms with van der Waals surface area (Å²) in [5.74, 6) is -0.312. The van der Waals surface area contributed by atoms with Crippen LogP contribution in [0.5, 0.6) is 0 Å². The molecule has 19 heavy (non-hydrogen) atoms. The molecule has 0 spiro atoms. The zero-order chi connectivity index (χ0) is 14.0. The molecule has 2 rings (SSSR count). The van der Waals surface area contributed by atoms with Crippen LogP contribution in [0.25, 0.3) is 0 Å². The van der Waals surface area contributed by atoms with Crippen molar-refractivity contribution in [2.45, 2.75) is 31.6 Å². The first kappa shape index (κ1) is 13.9. The van der Waals surface area contributed by atoms with Gasteiger partial charge in [-0.1, -0.05) is 6.07 Å². The van der Waals surface area contributed by atoms with E-state index in [0.29, 0.717) is 18.6 Å². The van der Waals surface area contributed by atoms with Crippen molar-refractivity contribution in [1.29, 1.82) is 0 Å². The third-order valence-corrected chi connectivity index (χ3v) is 4.37. The molecule has 0 bridgehead atoms. The van der Waals surface area contributed by atoms with Gasteiger partial charge in [-0.2, -0.15) is 0 Å². The summed E-state index contributed by atoms with van der Waals surface area (Å²) in [5.41, 5.74) is 1.16. The number of thioether (sulfide) groups is 1. The summed E-state index contributed by atoms with van der Waals surface area (Å²) in [7, 11) is 0. The summed E-state index contributed by atoms with van der Waals surface area (Å²) in [6.07, 6.45) is 1.26. The first-order valence-electron chi connectivity index (χ1n) is 6.17. The van der Waals surface area contributed by atoms with Gasteiger partial charge in [0.1, 0.15) is 0 Å². The number of rotatable bonds is 4. The lowest BCUT2D eigenvalue weighted by Gasteiger charge is -2.20. The molecule has 0 aliphatic carbocycles. The van der Waals surface area contributed by atoms with Crippen molar-refractivity contribution in [3.8, 4) is 0 Å². The van der Waals surface area contributed by atoms with Gasteiger partial charge in [-0.15, -0.1) is 11.8 Å². The monoisotopic (exact) mass is 279 g/mol. The normalized spacial score (nSPS) is 14.7. The fourth-order valence-electron chi connectivity index (χ4n) is 1.85. The molecule has 0 unspecified atom stereocenters. The maximum absolute atomic E-state index is 11.3. The largest absolute Gasteiger partial charge is 0.481 e. The van der Waals surface area contributed by atoms with Crippen molar-refractivity contribution >= 4 is 29.3 Å². The summed E-state index contributed by atoms with van der Waals surface area (Å²) in [6, 6.07) is 5.93. The van der Waals surface area contributed by atoms with Gasteiger partial charge in [0, 0.05) is 4.90 Å². The molecule has 4 nitrogen and oxygen atoms in total. The Morgan fingerprint density at radius 1 is 1.47 bits per heavy atom. The quantitative estimate of drug-likeness (QED) is 0.889. The second kappa shape index (κ2) is 5.25. The van der Waals surface area contributed by atoms with E-state index in [1.54, 1.807) is 13.8 Å². The summed E-state index contributed by atoms with van der Waals surface area (Å²) in [4.78, 5) is 23.5. The Hall–Kier alpha value is -1.49. The van der Waals surface area contributed by atoms with Crippen LogP contribution in [0.2, 0.25) is 0 Å². The van der Waals surface area contributed by atoms with E-state index in [2.05, 4.69) is 5.32 Å². The maximum atomic E-state index is 11.3. The van der Waals surface area contributed by atoms with E-state index in [4.69, 9.17) is 5.11 Å². The number of carboxylic acid groups (broad SMARTS) is 1. The maximum Gasteiger partial charge on any atom is 0.309 e. The number of fused-ring (bicyclic) bond motifs is 1. The molecule has 0 saturated carbocycles. The fourth-order valence-corrected chi connectivity index (χ4v) is 2.64. The number of carbonyl (C=O) groups excluding carboxylic acids is 1. The standard InChI is InChI=1S/C14H17NO3S/c1-14(2,13(17)18)6-5-9-3-4-11-10(7-9)15-12(16)8-19-11/h3-4,7H,5-6,8H2,1-2H3,(H,15,16)(H,17,18). The van der Waals surface area contributed by atoms with Crippen molar-refractivity contribution < 1.29 is 14.7 Å². The highest BCUT2D eigenvalue weighted by molar-refractivity contribution is 8.00. The number of carboxylic acids is 1. The Bertz CT molecular complexity index is 525. The number of amides is 1. The molecule has 0 atom stereocenters. The number of anilines is 1. The van der Waals surface area contributed by atoms with Crippen LogP contribution >= 0.6 is 11.8 Å². The van der Waals surface area contributed by atoms with Crippen molar-refractivity contribution in [3.63, 3.8) is 0 Å². The SMILES string of the molecule is CC(C)(CCc1ccc2c(c1)NC(=O)CS2)C(=O)O. The van der Waals surface area contributed by atoms with Crippen LogP contribution in [0.1, 0.15) is 25.8 Å². The van der Waals surface area contributed by atoms with Gasteiger partial charge in [0.05, 0.1) is 16.9 Å². The lowest BCUT2D eigenvalue weighted by atomic mass is 9.86. The molecule has 1 aliphatic heterocycles. The fraction of sp³-hybridized carbons (Fsp3) is 0.429. The number of aliphatic carboxylic acids is 1. The number of hydrogen-bond donors (Lipinski definition) is 2. The lowest BCUT2D eigenvalue weighted by molar-refractivity contribution is -0.147. The third kappa shape index (κ3) is 3.29. The minimum atomic E-state index is -0.783. The van der Waals surface area contributed by atoms with Crippen LogP contribution in [-0.2, 0) is 16.0 Å². The summed E-state index contributed by atoms with van der Waals surface area (Å²) >= 11 is 1.53. The Kier molecular flexibility index (Phi) is 3.85. The second-order valence-electron chi connectivity index (χ2n) is 5.36. The van der Waals surface area contributed by atoms with E-state index in [-0.39, 0.29) is 5.91 Å². The second-order valence-corrected chi connectivity index (χ2v) is 6.37. The minimum Gasteiger partial charge on any atom is -0.481 e. The van der Waals surface area contributed by atoms with Crippen LogP contribution in [0.15, 0.2) is 23.1 Å². The van der Waals surface area contributed by atoms with Crippen LogP contribution in [-0.4, -0.2) is 22.7 Å². The zero-order valence-corrected chi connectivity index (χ0v) is 11.8. The van der Waals surface area contributed by atoms with Crippen LogP contribution < -0.4 is 5.32 Å². The topological polar surface area (TPSA) is 66.4 Å². The average molecular weight is 279 g/mol. The van der Waals surface area contributed by atoms with E-state index < -0.39 is 11.4 Å². The molecule has 0 saturated heterocycles. The number of hydrogen-bond acceptors (Lipinski definition) is 3. The van der Waals surface area contributed by atoms with Crippen LogP contribution in [0, 0.1) is 5.41 Å². The Labute approximate surface area is 116 Å². The van der Waals surface area contributed by atoms with E-state index in [9.17, 15) is 9.59 Å². The van der Waals surface area contributed by atoms with Crippen molar-refractivity contribution in [3.05, 3.63) is 23.8 Å². The highest BCUT2D eigenvalue weighted by Crippen LogP contribution is 2.33. The molecule has 1 aliphatic rings. The molecule has 1 amide bonds. The van der Waals surface area contributed by atoms with Crippen molar-refractivity contribution in [1.82, 2.24) is 0 Å². The minimum absolute atomic E-state index is 0.0144. The highest BCUT2D eigenvalue weighted by atomic mass is 32.2. The lowest BCUT2D eigenvalue weighted by Crippen LogP contribution is -2.24. The molecule has 0 aromatic heterocycles. The van der Waals surface area contributed by atoms with Crippen LogP contribution in [0.4, 0.5) is 5.69 Å². The van der Waals surface area contributed by atoms with E-state index in [1.165, 1.54) is 11.8 Å². The van der Waals surface area contributed by atoms with E-state index in [0.717, 1.165) is 16.1 Å². The molecule has 1 aromatic rings. The molecule has 0 radical (unpaired) electrons. The van der Waals surface area contributed by atoms with E-state index in [1.807, 2.05) is 18.2 Å². The summed E-state index contributed by atoms with van der Waals surface area (Å²) < 4.78 is 0. The van der Waals surface area contributed by atoms with Gasteiger partial charge in [0.15, 0.2) is 0 Å². The first-order valence-corrected chi connectivity index (χ1v) is 7.16. The number of aryl methyl sites for hydroxylation is 1. The predicted octanol–water partition coefficient (Wildman–Crippen LogP) is 2.77. The third-order valence-electron chi connectivity index (χ3n) is 3.29. The number of nitrogens with one attached hydrogen (secondary N) is 1. The van der Waals surface area contributed by atoms with Crippen molar-refractivity contribution in [2.24, 2.45) is 5.41 Å².